The molecule has 15 heteroatoms. The fourth-order valence-corrected chi connectivity index (χ4v) is 5.40. The van der Waals surface area contributed by atoms with Crippen molar-refractivity contribution in [1.29, 1.82) is 0 Å². The van der Waals surface area contributed by atoms with Crippen LogP contribution in [0.1, 0.15) is 46.9 Å². The number of rotatable bonds is 9. The van der Waals surface area contributed by atoms with Gasteiger partial charge in [-0.1, -0.05) is 18.2 Å². The number of methoxy groups -OCH3 is 1. The van der Waals surface area contributed by atoms with E-state index in [0.29, 0.717) is 69.0 Å². The van der Waals surface area contributed by atoms with Crippen LogP contribution in [0.5, 0.6) is 5.75 Å². The molecule has 2 saturated heterocycles. The lowest BCUT2D eigenvalue weighted by Crippen LogP contribution is -2.45. The third-order valence-corrected chi connectivity index (χ3v) is 7.73. The Balaban J connectivity index is 0.000000555. The average molecular weight is 664 g/mol. The summed E-state index contributed by atoms with van der Waals surface area (Å²) in [6.45, 7) is 4.59. The first-order valence-corrected chi connectivity index (χ1v) is 15.2. The summed E-state index contributed by atoms with van der Waals surface area (Å²) in [5, 5.41) is 13.1. The van der Waals surface area contributed by atoms with Gasteiger partial charge in [-0.3, -0.25) is 24.6 Å². The molecular weight excluding hydrogens is 625 g/mol. The van der Waals surface area contributed by atoms with E-state index in [-0.39, 0.29) is 37.0 Å². The Labute approximate surface area is 269 Å². The zero-order valence-electron chi connectivity index (χ0n) is 26.1. The number of likely N-dealkylation sites (N-methyl/N-ethyl adjacent to an activating group) is 1. The number of nitrogens with one attached hydrogen (secondary N) is 1. The van der Waals surface area contributed by atoms with Crippen molar-refractivity contribution in [3.63, 3.8) is 0 Å². The average Bonchev–Trinajstić information content (AvgIpc) is 3.80. The highest BCUT2D eigenvalue weighted by molar-refractivity contribution is 6.22. The van der Waals surface area contributed by atoms with Crippen LogP contribution in [0.2, 0.25) is 0 Å². The maximum absolute atomic E-state index is 13.1. The van der Waals surface area contributed by atoms with Gasteiger partial charge in [0.15, 0.2) is 6.61 Å². The molecule has 3 aliphatic rings. The maximum atomic E-state index is 13.1. The summed E-state index contributed by atoms with van der Waals surface area (Å²) in [7, 11) is 0.676. The van der Waals surface area contributed by atoms with Crippen molar-refractivity contribution in [3.8, 4) is 5.75 Å². The number of alkyl halides is 3. The number of benzene rings is 2. The van der Waals surface area contributed by atoms with Crippen LogP contribution in [0, 0.1) is 0 Å². The smallest absolute Gasteiger partial charge is 0.484 e. The number of imide groups is 1. The van der Waals surface area contributed by atoms with E-state index in [9.17, 15) is 37.5 Å². The van der Waals surface area contributed by atoms with Crippen LogP contribution in [0.3, 0.4) is 0 Å². The number of carbonyl (C=O) groups excluding carboxylic acids is 4. The molecule has 3 heterocycles. The van der Waals surface area contributed by atoms with Crippen LogP contribution in [-0.4, -0.2) is 120 Å². The van der Waals surface area contributed by atoms with Crippen LogP contribution >= 0.6 is 0 Å². The van der Waals surface area contributed by atoms with Crippen LogP contribution in [0.25, 0.3) is 0 Å². The number of nitrogens with zero attached hydrogens (tertiary/aromatic N) is 3. The minimum atomic E-state index is -4.85. The zero-order valence-corrected chi connectivity index (χ0v) is 26.1. The number of ether oxygens (including phenoxy) is 3. The van der Waals surface area contributed by atoms with Crippen LogP contribution < -0.4 is 10.1 Å². The van der Waals surface area contributed by atoms with Crippen molar-refractivity contribution < 1.29 is 56.2 Å². The molecule has 2 N–H and O–H groups in total. The number of esters is 1. The van der Waals surface area contributed by atoms with Crippen LogP contribution in [-0.2, 0) is 19.1 Å². The quantitative estimate of drug-likeness (QED) is 0.136. The second kappa shape index (κ2) is 15.9. The van der Waals surface area contributed by atoms with E-state index >= 15 is 0 Å². The monoisotopic (exact) mass is 663 g/mol. The summed E-state index contributed by atoms with van der Waals surface area (Å²) in [4.78, 5) is 51.2. The number of likely N-dealkylation sites (tertiary alicyclic amines) is 1. The van der Waals surface area contributed by atoms with Gasteiger partial charge >= 0.3 is 12.1 Å². The summed E-state index contributed by atoms with van der Waals surface area (Å²) in [5.74, 6) is -1.75. The van der Waals surface area contributed by atoms with Gasteiger partial charge in [-0.15, -0.1) is 0 Å². The SMILES string of the molecule is CCNC(CN1C(=O)c2ccccc2C1=O)=[N+](CC1CCCO1)c1cccc(OCC(=O)N2CCC(O)C2)c1.COC(=O)C(F)(F)F. The molecule has 12 nitrogen and oxygen atoms in total. The Morgan fingerprint density at radius 3 is 2.32 bits per heavy atom. The van der Waals surface area contributed by atoms with Crippen molar-refractivity contribution in [3.05, 3.63) is 59.7 Å². The first-order chi connectivity index (χ1) is 22.4. The van der Waals surface area contributed by atoms with Crippen LogP contribution in [0.15, 0.2) is 48.5 Å². The lowest BCUT2D eigenvalue weighted by molar-refractivity contribution is -0.455. The Kier molecular flexibility index (Phi) is 11.9. The molecule has 2 unspecified atom stereocenters. The zero-order chi connectivity index (χ0) is 34.1. The molecule has 2 aromatic carbocycles. The third kappa shape index (κ3) is 9.07. The molecule has 0 spiro atoms. The number of aliphatic hydroxyl groups is 1. The number of carbonyl (C=O) groups is 4. The number of halogens is 3. The van der Waals surface area contributed by atoms with Crippen molar-refractivity contribution in [1.82, 2.24) is 15.1 Å². The molecule has 0 bridgehead atoms. The van der Waals surface area contributed by atoms with E-state index in [2.05, 4.69) is 10.1 Å². The Bertz CT molecular complexity index is 1460. The molecule has 2 atom stereocenters. The molecule has 5 rings (SSSR count). The normalized spacial score (nSPS) is 19.5. The van der Waals surface area contributed by atoms with Gasteiger partial charge in [0, 0.05) is 25.8 Å². The number of hydrogen-bond donors (Lipinski definition) is 2. The standard InChI is InChI=1S/C29H34N4O6.C3H3F3O2/c1-2-30-26(18-33-28(36)24-10-3-4-11-25(24)29(33)37)32(17-23-9-6-14-38-23)20-7-5-8-22(15-20)39-19-27(35)31-13-12-21(34)16-31;1-8-2(7)3(4,5)6/h3-5,7-8,10-11,15,21,23,34H,2,6,9,12-14,16-19H2,1H3;1H3/p+1. The Morgan fingerprint density at radius 1 is 1.09 bits per heavy atom. The predicted octanol–water partition coefficient (Wildman–Crippen LogP) is 2.51. The number of hydrogen-bond acceptors (Lipinski definition) is 8. The summed E-state index contributed by atoms with van der Waals surface area (Å²) < 4.78 is 50.1. The molecule has 0 aromatic heterocycles. The molecule has 0 saturated carbocycles. The summed E-state index contributed by atoms with van der Waals surface area (Å²) in [6.07, 6.45) is -2.87. The number of aliphatic hydroxyl groups excluding tert-OH is 1. The summed E-state index contributed by atoms with van der Waals surface area (Å²) in [6, 6.07) is 14.3. The van der Waals surface area contributed by atoms with Crippen molar-refractivity contribution >= 4 is 35.2 Å². The number of β-amino-alcohol motifs (C(OH)–C–C–N with tert-alkyl or cyclic N) is 1. The molecule has 47 heavy (non-hydrogen) atoms. The molecule has 0 aliphatic carbocycles. The van der Waals surface area contributed by atoms with E-state index in [0.717, 1.165) is 18.5 Å². The third-order valence-electron chi connectivity index (χ3n) is 7.73. The highest BCUT2D eigenvalue weighted by Gasteiger charge is 2.40. The van der Waals surface area contributed by atoms with E-state index < -0.39 is 18.2 Å². The molecule has 254 valence electrons. The first-order valence-electron chi connectivity index (χ1n) is 15.2. The van der Waals surface area contributed by atoms with E-state index in [4.69, 9.17) is 9.47 Å². The highest BCUT2D eigenvalue weighted by Crippen LogP contribution is 2.25. The Morgan fingerprint density at radius 2 is 1.79 bits per heavy atom. The first kappa shape index (κ1) is 35.4. The minimum Gasteiger partial charge on any atom is -0.484 e. The van der Waals surface area contributed by atoms with Gasteiger partial charge < -0.3 is 24.2 Å². The molecule has 3 amide bonds. The van der Waals surface area contributed by atoms with Crippen molar-refractivity contribution in [2.75, 3.05) is 53.0 Å². The minimum absolute atomic E-state index is 0.00594. The Hall–Kier alpha value is -4.50. The van der Waals surface area contributed by atoms with E-state index in [1.165, 1.54) is 4.90 Å². The fraction of sp³-hybridized carbons (Fsp3) is 0.469. The molecule has 2 fully saturated rings. The van der Waals surface area contributed by atoms with Crippen LogP contribution in [0.4, 0.5) is 18.9 Å². The predicted molar refractivity (Wildman–Crippen MR) is 161 cm³/mol. The number of fused-ring (bicyclic) bond motifs is 1. The second-order valence-corrected chi connectivity index (χ2v) is 11.0. The summed E-state index contributed by atoms with van der Waals surface area (Å²) in [5.41, 5.74) is 1.61. The fourth-order valence-electron chi connectivity index (χ4n) is 5.40. The number of amidine groups is 1. The number of amides is 3. The van der Waals surface area contributed by atoms with E-state index in [1.54, 1.807) is 35.2 Å². The van der Waals surface area contributed by atoms with Crippen molar-refractivity contribution in [2.24, 2.45) is 0 Å². The van der Waals surface area contributed by atoms with Gasteiger partial charge in [-0.25, -0.2) is 9.37 Å². The molecular formula is C32H38F3N4O8+. The largest absolute Gasteiger partial charge is 0.490 e. The summed E-state index contributed by atoms with van der Waals surface area (Å²) >= 11 is 0. The lowest BCUT2D eigenvalue weighted by Gasteiger charge is -2.20. The topological polar surface area (TPSA) is 138 Å². The molecule has 3 aliphatic heterocycles. The molecule has 0 radical (unpaired) electrons. The second-order valence-electron chi connectivity index (χ2n) is 11.0. The van der Waals surface area contributed by atoms with E-state index in [1.807, 2.05) is 29.7 Å². The van der Waals surface area contributed by atoms with Gasteiger partial charge in [0.05, 0.1) is 37.0 Å². The van der Waals surface area contributed by atoms with Gasteiger partial charge in [-0.2, -0.15) is 13.2 Å². The van der Waals surface area contributed by atoms with Gasteiger partial charge in [-0.05, 0) is 50.5 Å². The van der Waals surface area contributed by atoms with Gasteiger partial charge in [0.1, 0.15) is 24.5 Å². The lowest BCUT2D eigenvalue weighted by atomic mass is 10.1. The van der Waals surface area contributed by atoms with Gasteiger partial charge in [0.2, 0.25) is 0 Å². The van der Waals surface area contributed by atoms with Crippen molar-refractivity contribution in [2.45, 2.75) is 44.6 Å². The maximum Gasteiger partial charge on any atom is 0.490 e. The van der Waals surface area contributed by atoms with Gasteiger partial charge in [0.25, 0.3) is 23.6 Å². The molecule has 2 aromatic rings. The highest BCUT2D eigenvalue weighted by atomic mass is 19.4.